The number of nitrogens with zero attached hydrogens (tertiary/aromatic N) is 3. The summed E-state index contributed by atoms with van der Waals surface area (Å²) in [5.74, 6) is 0.623. The highest BCUT2D eigenvalue weighted by atomic mass is 32.1. The minimum absolute atomic E-state index is 0.00655. The van der Waals surface area contributed by atoms with Gasteiger partial charge in [0.05, 0.1) is 12.6 Å². The van der Waals surface area contributed by atoms with E-state index < -0.39 is 0 Å². The Morgan fingerprint density at radius 2 is 1.93 bits per heavy atom. The van der Waals surface area contributed by atoms with Gasteiger partial charge in [0, 0.05) is 47.5 Å². The number of nitrogens with one attached hydrogen (secondary N) is 3. The van der Waals surface area contributed by atoms with Gasteiger partial charge in [0.2, 0.25) is 11.8 Å². The molecule has 2 aliphatic carbocycles. The fourth-order valence-corrected chi connectivity index (χ4v) is 6.02. The van der Waals surface area contributed by atoms with Gasteiger partial charge < -0.3 is 20.7 Å². The highest BCUT2D eigenvalue weighted by Crippen LogP contribution is 2.35. The number of para-hydroxylation sites is 1. The Morgan fingerprint density at radius 1 is 1.07 bits per heavy atom. The van der Waals surface area contributed by atoms with Crippen LogP contribution in [0.25, 0.3) is 21.5 Å². The van der Waals surface area contributed by atoms with Crippen molar-refractivity contribution in [3.05, 3.63) is 58.7 Å². The SMILES string of the molecule is COc1nc(-c2ccnc(NC(=O)C3CC3)c2)sc1C(=O)NCCCNc1c2c(nc3ccccc13)CCCC2. The minimum Gasteiger partial charge on any atom is -0.480 e. The third kappa shape index (κ3) is 5.62. The van der Waals surface area contributed by atoms with E-state index in [2.05, 4.69) is 44.1 Å². The molecule has 0 aliphatic heterocycles. The van der Waals surface area contributed by atoms with Crippen LogP contribution in [-0.4, -0.2) is 47.0 Å². The Balaban J connectivity index is 1.08. The molecule has 40 heavy (non-hydrogen) atoms. The normalized spacial score (nSPS) is 14.4. The Hall–Kier alpha value is -4.05. The molecule has 9 nitrogen and oxygen atoms in total. The van der Waals surface area contributed by atoms with Crippen LogP contribution < -0.4 is 20.7 Å². The molecule has 3 N–H and O–H groups in total. The average Bonchev–Trinajstić information content (AvgIpc) is 3.75. The van der Waals surface area contributed by atoms with E-state index in [9.17, 15) is 9.59 Å². The molecule has 4 aromatic rings. The van der Waals surface area contributed by atoms with Crippen molar-refractivity contribution in [2.24, 2.45) is 5.92 Å². The number of methoxy groups -OCH3 is 1. The second kappa shape index (κ2) is 11.6. The number of thiazole rings is 1. The molecule has 0 radical (unpaired) electrons. The zero-order chi connectivity index (χ0) is 27.5. The highest BCUT2D eigenvalue weighted by Gasteiger charge is 2.30. The molecule has 3 aromatic heterocycles. The van der Waals surface area contributed by atoms with Gasteiger partial charge in [-0.05, 0) is 68.7 Å². The lowest BCUT2D eigenvalue weighted by Gasteiger charge is -2.21. The van der Waals surface area contributed by atoms with E-state index in [4.69, 9.17) is 9.72 Å². The molecule has 2 aliphatic rings. The summed E-state index contributed by atoms with van der Waals surface area (Å²) in [6.45, 7) is 1.25. The summed E-state index contributed by atoms with van der Waals surface area (Å²) in [6, 6.07) is 11.9. The number of rotatable bonds is 10. The first-order chi connectivity index (χ1) is 19.6. The van der Waals surface area contributed by atoms with Gasteiger partial charge in [-0.2, -0.15) is 0 Å². The largest absolute Gasteiger partial charge is 0.480 e. The first kappa shape index (κ1) is 26.2. The van der Waals surface area contributed by atoms with Crippen LogP contribution in [0.2, 0.25) is 0 Å². The van der Waals surface area contributed by atoms with Crippen LogP contribution in [0.4, 0.5) is 11.5 Å². The Kier molecular flexibility index (Phi) is 7.59. The van der Waals surface area contributed by atoms with Gasteiger partial charge in [0.1, 0.15) is 10.8 Å². The van der Waals surface area contributed by atoms with Crippen molar-refractivity contribution in [3.8, 4) is 16.5 Å². The maximum atomic E-state index is 13.0. The van der Waals surface area contributed by atoms with Crippen molar-refractivity contribution >= 4 is 45.6 Å². The Bertz CT molecular complexity index is 1560. The standard InChI is InChI=1S/C30H32N6O3S/c1-39-29-26(40-30(36-29)19-13-16-31-24(17-19)35-27(37)18-11-12-18)28(38)33-15-6-14-32-25-20-7-2-4-9-22(20)34-23-10-5-3-8-21(23)25/h2,4,7,9,13,16-18H,3,5-6,8,10-12,14-15H2,1H3,(H,32,34)(H,33,38)(H,31,35,37). The third-order valence-corrected chi connectivity index (χ3v) is 8.40. The molecule has 0 saturated heterocycles. The summed E-state index contributed by atoms with van der Waals surface area (Å²) in [6.07, 6.45) is 8.68. The number of fused-ring (bicyclic) bond motifs is 2. The van der Waals surface area contributed by atoms with Crippen molar-refractivity contribution in [3.63, 3.8) is 0 Å². The predicted molar refractivity (Wildman–Crippen MR) is 157 cm³/mol. The summed E-state index contributed by atoms with van der Waals surface area (Å²) in [7, 11) is 1.51. The minimum atomic E-state index is -0.219. The van der Waals surface area contributed by atoms with Crippen LogP contribution in [0, 0.1) is 5.92 Å². The van der Waals surface area contributed by atoms with Crippen molar-refractivity contribution in [1.82, 2.24) is 20.3 Å². The van der Waals surface area contributed by atoms with Crippen molar-refractivity contribution in [1.29, 1.82) is 0 Å². The second-order valence-electron chi connectivity index (χ2n) is 10.2. The van der Waals surface area contributed by atoms with Crippen LogP contribution in [0.3, 0.4) is 0 Å². The summed E-state index contributed by atoms with van der Waals surface area (Å²) in [5.41, 5.74) is 5.52. The van der Waals surface area contributed by atoms with Gasteiger partial charge >= 0.3 is 0 Å². The van der Waals surface area contributed by atoms with Crippen molar-refractivity contribution < 1.29 is 14.3 Å². The van der Waals surface area contributed by atoms with Crippen LogP contribution in [-0.2, 0) is 17.6 Å². The van der Waals surface area contributed by atoms with Gasteiger partial charge in [0.25, 0.3) is 5.91 Å². The smallest absolute Gasteiger partial charge is 0.267 e. The highest BCUT2D eigenvalue weighted by molar-refractivity contribution is 7.17. The third-order valence-electron chi connectivity index (χ3n) is 7.31. The number of benzene rings is 1. The van der Waals surface area contributed by atoms with Crippen LogP contribution in [0.5, 0.6) is 5.88 Å². The van der Waals surface area contributed by atoms with Crippen LogP contribution >= 0.6 is 11.3 Å². The number of pyridine rings is 2. The van der Waals surface area contributed by atoms with E-state index >= 15 is 0 Å². The molecule has 6 rings (SSSR count). The number of carbonyl (C=O) groups is 2. The van der Waals surface area contributed by atoms with Gasteiger partial charge in [-0.25, -0.2) is 9.97 Å². The Morgan fingerprint density at radius 3 is 2.77 bits per heavy atom. The summed E-state index contributed by atoms with van der Waals surface area (Å²) >= 11 is 1.26. The lowest BCUT2D eigenvalue weighted by atomic mass is 9.92. The van der Waals surface area contributed by atoms with Gasteiger partial charge in [-0.15, -0.1) is 11.3 Å². The zero-order valence-corrected chi connectivity index (χ0v) is 23.3. The van der Waals surface area contributed by atoms with Gasteiger partial charge in [-0.3, -0.25) is 14.6 Å². The topological polar surface area (TPSA) is 118 Å². The quantitative estimate of drug-likeness (QED) is 0.229. The molecule has 0 bridgehead atoms. The summed E-state index contributed by atoms with van der Waals surface area (Å²) in [4.78, 5) is 39.3. The lowest BCUT2D eigenvalue weighted by Crippen LogP contribution is -2.25. The molecule has 1 fully saturated rings. The van der Waals surface area contributed by atoms with E-state index in [0.29, 0.717) is 22.2 Å². The van der Waals surface area contributed by atoms with E-state index in [1.54, 1.807) is 18.3 Å². The fraction of sp³-hybridized carbons (Fsp3) is 0.367. The number of ether oxygens (including phenoxy) is 1. The summed E-state index contributed by atoms with van der Waals surface area (Å²) in [5, 5.41) is 11.3. The maximum absolute atomic E-state index is 13.0. The molecular formula is C30H32N6O3S. The monoisotopic (exact) mass is 556 g/mol. The number of amides is 2. The first-order valence-electron chi connectivity index (χ1n) is 13.9. The number of carbonyl (C=O) groups excluding carboxylic acids is 2. The number of aromatic nitrogens is 3. The molecule has 0 spiro atoms. The maximum Gasteiger partial charge on any atom is 0.267 e. The molecule has 3 heterocycles. The van der Waals surface area contributed by atoms with Crippen LogP contribution in [0.1, 0.15) is 53.0 Å². The molecule has 10 heteroatoms. The van der Waals surface area contributed by atoms with Crippen molar-refractivity contribution in [2.75, 3.05) is 30.8 Å². The molecule has 0 unspecified atom stereocenters. The van der Waals surface area contributed by atoms with E-state index in [-0.39, 0.29) is 23.6 Å². The molecular weight excluding hydrogens is 524 g/mol. The van der Waals surface area contributed by atoms with E-state index in [1.807, 2.05) is 6.07 Å². The molecule has 206 valence electrons. The molecule has 1 aromatic carbocycles. The number of hydrogen-bond acceptors (Lipinski definition) is 8. The lowest BCUT2D eigenvalue weighted by molar-refractivity contribution is -0.117. The average molecular weight is 557 g/mol. The van der Waals surface area contributed by atoms with Crippen LogP contribution in [0.15, 0.2) is 42.6 Å². The Labute approximate surface area is 236 Å². The van der Waals surface area contributed by atoms with E-state index in [1.165, 1.54) is 48.2 Å². The van der Waals surface area contributed by atoms with Crippen molar-refractivity contribution in [2.45, 2.75) is 44.9 Å². The van der Waals surface area contributed by atoms with E-state index in [0.717, 1.165) is 55.1 Å². The molecule has 0 atom stereocenters. The fourth-order valence-electron chi connectivity index (χ4n) is 5.08. The van der Waals surface area contributed by atoms with Gasteiger partial charge in [0.15, 0.2) is 4.88 Å². The number of hydrogen-bond donors (Lipinski definition) is 3. The molecule has 1 saturated carbocycles. The number of anilines is 2. The number of aryl methyl sites for hydroxylation is 1. The second-order valence-corrected chi connectivity index (χ2v) is 11.2. The first-order valence-corrected chi connectivity index (χ1v) is 14.7. The summed E-state index contributed by atoms with van der Waals surface area (Å²) < 4.78 is 5.42. The zero-order valence-electron chi connectivity index (χ0n) is 22.5. The predicted octanol–water partition coefficient (Wildman–Crippen LogP) is 5.22. The molecule has 2 amide bonds. The van der Waals surface area contributed by atoms with Gasteiger partial charge in [-0.1, -0.05) is 18.2 Å².